The minimum atomic E-state index is -2.19. The molecule has 0 atom stereocenters. The van der Waals surface area contributed by atoms with Crippen LogP contribution in [0.5, 0.6) is 0 Å². The van der Waals surface area contributed by atoms with Crippen LogP contribution in [0.4, 0.5) is 0 Å². The van der Waals surface area contributed by atoms with Crippen molar-refractivity contribution in [3.8, 4) is 0 Å². The average molecular weight is 307 g/mol. The maximum absolute atomic E-state index is 8.93. The van der Waals surface area contributed by atoms with Crippen molar-refractivity contribution in [1.82, 2.24) is 6.15 Å². The zero-order valence-electron chi connectivity index (χ0n) is 4.34. The monoisotopic (exact) mass is 308 g/mol. The van der Waals surface area contributed by atoms with Gasteiger partial charge in [-0.05, 0) is 0 Å². The molecule has 0 unspecified atom stereocenters. The third kappa shape index (κ3) is 9.27. The molecule has 0 saturated carbocycles. The molecule has 0 aliphatic carbocycles. The van der Waals surface area contributed by atoms with Crippen molar-refractivity contribution in [2.24, 2.45) is 0 Å². The maximum Gasteiger partial charge on any atom is 2.00 e. The van der Waals surface area contributed by atoms with E-state index in [1.165, 1.54) is 0 Å². The van der Waals surface area contributed by atoms with Crippen LogP contribution in [0.15, 0.2) is 0 Å². The summed E-state index contributed by atoms with van der Waals surface area (Å²) in [6.07, 6.45) is 0. The molecule has 5 nitrogen and oxygen atoms in total. The fraction of sp³-hybridized carbons (Fsp3) is 0. The molecule has 0 aromatic heterocycles. The minimum absolute atomic E-state index is 0. The Morgan fingerprint density at radius 1 is 1.00 bits per heavy atom. The third-order valence-electron chi connectivity index (χ3n) is 0.167. The van der Waals surface area contributed by atoms with Crippen LogP contribution in [-0.2, 0) is 37.3 Å². The van der Waals surface area contributed by atoms with Gasteiger partial charge in [0.25, 0.3) is 0 Å². The number of aliphatic carboxylic acids is 2. The van der Waals surface area contributed by atoms with E-state index in [9.17, 15) is 0 Å². The smallest absolute Gasteiger partial charge is 0.543 e. The second-order valence-corrected chi connectivity index (χ2v) is 0.575. The summed E-state index contributed by atoms with van der Waals surface area (Å²) in [6.45, 7) is 0. The van der Waals surface area contributed by atoms with E-state index in [0.29, 0.717) is 0 Å². The number of hydrogen-bond donors (Lipinski definition) is 1. The summed E-state index contributed by atoms with van der Waals surface area (Å²) in [4.78, 5) is 17.9. The van der Waals surface area contributed by atoms with Gasteiger partial charge in [-0.2, -0.15) is 0 Å². The van der Waals surface area contributed by atoms with Crippen molar-refractivity contribution in [3.05, 3.63) is 0 Å². The second kappa shape index (κ2) is 6.84. The van der Waals surface area contributed by atoms with Gasteiger partial charge in [-0.1, -0.05) is 0 Å². The van der Waals surface area contributed by atoms with Crippen molar-refractivity contribution in [1.29, 1.82) is 0 Å². The Labute approximate surface area is 65.8 Å². The van der Waals surface area contributed by atoms with Gasteiger partial charge in [0.05, 0.1) is 11.9 Å². The molecule has 8 heavy (non-hydrogen) atoms. The number of carboxylic acids is 2. The van der Waals surface area contributed by atoms with Gasteiger partial charge in [0, 0.05) is 0 Å². The molecule has 0 aromatic rings. The molecule has 0 radical (unpaired) electrons. The Kier molecular flexibility index (Phi) is 13.4. The number of carboxylic acid groups (broad SMARTS) is 2. The number of carbonyl (C=O) groups is 2. The van der Waals surface area contributed by atoms with Crippen molar-refractivity contribution in [2.45, 2.75) is 0 Å². The van der Waals surface area contributed by atoms with Crippen molar-refractivity contribution in [3.63, 3.8) is 0 Å². The van der Waals surface area contributed by atoms with Gasteiger partial charge < -0.3 is 26.0 Å². The molecule has 0 spiro atoms. The van der Waals surface area contributed by atoms with Crippen molar-refractivity contribution < 1.29 is 47.5 Å². The molecule has 0 aromatic carbocycles. The Morgan fingerprint density at radius 2 is 1.12 bits per heavy atom. The topological polar surface area (TPSA) is 117 Å². The summed E-state index contributed by atoms with van der Waals surface area (Å²) < 4.78 is 0. The van der Waals surface area contributed by atoms with Crippen LogP contribution in [0.1, 0.15) is 0 Å². The molecule has 0 amide bonds. The Bertz CT molecular complexity index is 80.0. The molecule has 6 heteroatoms. The molecular weight excluding hydrogens is 303 g/mol. The van der Waals surface area contributed by atoms with Crippen LogP contribution < -0.4 is 16.4 Å². The van der Waals surface area contributed by atoms with E-state index in [1.807, 2.05) is 0 Å². The first kappa shape index (κ1) is 15.7. The van der Waals surface area contributed by atoms with Crippen molar-refractivity contribution >= 4 is 11.9 Å². The minimum Gasteiger partial charge on any atom is -0.543 e. The number of hydrogen-bond acceptors (Lipinski definition) is 4. The molecule has 0 heterocycles. The fourth-order valence-corrected chi connectivity index (χ4v) is 0. The largest absolute Gasteiger partial charge is 2.00 e. The molecular formula is C2H4HgNO4+. The van der Waals surface area contributed by atoms with E-state index in [-0.39, 0.29) is 33.8 Å². The molecule has 0 saturated heterocycles. The first-order valence-corrected chi connectivity index (χ1v) is 1.07. The average Bonchev–Trinajstić information content (AvgIpc) is 1.36. The molecule has 0 aliphatic rings. The Balaban J connectivity index is -0.000000125. The van der Waals surface area contributed by atoms with E-state index in [1.54, 1.807) is 0 Å². The molecule has 4 N–H and O–H groups in total. The summed E-state index contributed by atoms with van der Waals surface area (Å²) in [5, 5.41) is 17.9. The van der Waals surface area contributed by atoms with E-state index in [2.05, 4.69) is 0 Å². The summed E-state index contributed by atoms with van der Waals surface area (Å²) in [7, 11) is 0. The van der Waals surface area contributed by atoms with Gasteiger partial charge in [0.1, 0.15) is 0 Å². The summed E-state index contributed by atoms with van der Waals surface area (Å²) >= 11 is 0. The zero-order chi connectivity index (χ0) is 5.15. The van der Waals surface area contributed by atoms with Crippen LogP contribution in [0.3, 0.4) is 0 Å². The first-order valence-electron chi connectivity index (χ1n) is 1.07. The maximum atomic E-state index is 8.93. The van der Waals surface area contributed by atoms with Crippen LogP contribution in [-0.4, -0.2) is 11.9 Å². The fourth-order valence-electron chi connectivity index (χ4n) is 0. The van der Waals surface area contributed by atoms with Gasteiger partial charge >= 0.3 is 27.7 Å². The van der Waals surface area contributed by atoms with E-state index < -0.39 is 11.9 Å². The summed E-state index contributed by atoms with van der Waals surface area (Å²) in [5.74, 6) is -4.37. The predicted octanol–water partition coefficient (Wildman–Crippen LogP) is -3.14. The number of carbonyl (C=O) groups excluding carboxylic acids is 2. The van der Waals surface area contributed by atoms with E-state index in [4.69, 9.17) is 19.8 Å². The first-order chi connectivity index (χ1) is 2.64. The molecule has 0 bridgehead atoms. The van der Waals surface area contributed by atoms with Gasteiger partial charge in [-0.3, -0.25) is 0 Å². The summed E-state index contributed by atoms with van der Waals surface area (Å²) in [6, 6.07) is 0. The van der Waals surface area contributed by atoms with Crippen LogP contribution in [0.25, 0.3) is 0 Å². The molecule has 0 fully saturated rings. The quantitative estimate of drug-likeness (QED) is 0.376. The van der Waals surface area contributed by atoms with E-state index in [0.717, 1.165) is 0 Å². The number of quaternary nitrogens is 1. The third-order valence-corrected chi connectivity index (χ3v) is 0.167. The van der Waals surface area contributed by atoms with Gasteiger partial charge in [-0.25, -0.2) is 0 Å². The molecule has 0 aliphatic heterocycles. The molecule has 0 rings (SSSR count). The van der Waals surface area contributed by atoms with Gasteiger partial charge in [0.15, 0.2) is 0 Å². The summed E-state index contributed by atoms with van der Waals surface area (Å²) in [5.41, 5.74) is 0. The van der Waals surface area contributed by atoms with Gasteiger partial charge in [0.2, 0.25) is 0 Å². The van der Waals surface area contributed by atoms with Crippen LogP contribution in [0.2, 0.25) is 0 Å². The second-order valence-electron chi connectivity index (χ2n) is 0.575. The zero-order valence-corrected chi connectivity index (χ0v) is 9.84. The standard InChI is InChI=1S/C2H2O4.Hg.H3N/c3-1(4)2(5)6;;/h(H,3,4)(H,5,6);;1H3/q;+2;/p-1. The Hall–Kier alpha value is -0.165. The molecule has 42 valence electrons. The predicted molar refractivity (Wildman–Crippen MR) is 16.0 cm³/mol. The van der Waals surface area contributed by atoms with Crippen molar-refractivity contribution in [2.75, 3.05) is 0 Å². The van der Waals surface area contributed by atoms with Gasteiger partial charge in [-0.15, -0.1) is 0 Å². The van der Waals surface area contributed by atoms with Crippen LogP contribution in [0, 0.1) is 0 Å². The van der Waals surface area contributed by atoms with E-state index >= 15 is 0 Å². The SMILES string of the molecule is O=C([O-])C(=O)[O-].[Hg+2].[NH4+]. The van der Waals surface area contributed by atoms with Crippen LogP contribution >= 0.6 is 0 Å². The normalized spacial score (nSPS) is 5.50. The Morgan fingerprint density at radius 3 is 1.12 bits per heavy atom. The number of rotatable bonds is 0.